The fraction of sp³-hybridized carbons (Fsp3) is 0.167. The first-order valence-corrected chi connectivity index (χ1v) is 9.60. The van der Waals surface area contributed by atoms with Gasteiger partial charge in [0.25, 0.3) is 0 Å². The lowest BCUT2D eigenvalue weighted by molar-refractivity contribution is -0.115. The molecule has 0 aliphatic carbocycles. The number of rotatable bonds is 6. The predicted molar refractivity (Wildman–Crippen MR) is 107 cm³/mol. The van der Waals surface area contributed by atoms with Crippen molar-refractivity contribution < 1.29 is 4.79 Å². The molecule has 0 radical (unpaired) electrons. The summed E-state index contributed by atoms with van der Waals surface area (Å²) < 4.78 is 1.91. The summed E-state index contributed by atoms with van der Waals surface area (Å²) in [4.78, 5) is 12.0. The highest BCUT2D eigenvalue weighted by Crippen LogP contribution is 2.24. The maximum Gasteiger partial charge on any atom is 0.225 e. The van der Waals surface area contributed by atoms with Gasteiger partial charge in [-0.3, -0.25) is 4.79 Å². The molecule has 0 saturated carbocycles. The highest BCUT2D eigenvalue weighted by atomic mass is 35.5. The zero-order valence-corrected chi connectivity index (χ0v) is 16.3. The van der Waals surface area contributed by atoms with Gasteiger partial charge in [-0.25, -0.2) is 0 Å². The molecule has 1 heterocycles. The Labute approximate surface area is 165 Å². The maximum atomic E-state index is 12.0. The summed E-state index contributed by atoms with van der Waals surface area (Å²) in [7, 11) is 1.90. The molecule has 0 aliphatic heterocycles. The van der Waals surface area contributed by atoms with Gasteiger partial charge in [-0.15, -0.1) is 10.2 Å². The number of hydrogen-bond acceptors (Lipinski definition) is 4. The van der Waals surface area contributed by atoms with Gasteiger partial charge >= 0.3 is 0 Å². The second-order valence-corrected chi connectivity index (χ2v) is 7.46. The van der Waals surface area contributed by atoms with Crippen LogP contribution >= 0.6 is 35.0 Å². The van der Waals surface area contributed by atoms with Crippen molar-refractivity contribution in [1.82, 2.24) is 14.8 Å². The average Bonchev–Trinajstić information content (AvgIpc) is 2.96. The van der Waals surface area contributed by atoms with E-state index in [1.54, 1.807) is 24.3 Å². The first-order chi connectivity index (χ1) is 12.5. The Bertz CT molecular complexity index is 912. The van der Waals surface area contributed by atoms with Crippen molar-refractivity contribution >= 4 is 46.6 Å². The van der Waals surface area contributed by atoms with E-state index in [2.05, 4.69) is 15.5 Å². The first-order valence-electron chi connectivity index (χ1n) is 7.86. The smallest absolute Gasteiger partial charge is 0.225 e. The summed E-state index contributed by atoms with van der Waals surface area (Å²) >= 11 is 13.3. The molecule has 1 aromatic heterocycles. The molecule has 0 bridgehead atoms. The average molecular weight is 407 g/mol. The molecule has 0 spiro atoms. The third-order valence-corrected chi connectivity index (χ3v) is 5.12. The lowest BCUT2D eigenvalue weighted by atomic mass is 10.2. The zero-order chi connectivity index (χ0) is 18.5. The monoisotopic (exact) mass is 406 g/mol. The molecule has 26 heavy (non-hydrogen) atoms. The fourth-order valence-electron chi connectivity index (χ4n) is 2.32. The molecule has 1 N–H and O–H groups in total. The van der Waals surface area contributed by atoms with Crippen LogP contribution in [0.2, 0.25) is 10.0 Å². The van der Waals surface area contributed by atoms with E-state index in [1.165, 1.54) is 11.8 Å². The number of thioether (sulfide) groups is 1. The van der Waals surface area contributed by atoms with Gasteiger partial charge in [0.05, 0.1) is 0 Å². The molecule has 0 aliphatic rings. The van der Waals surface area contributed by atoms with Gasteiger partial charge in [0.2, 0.25) is 5.91 Å². The van der Waals surface area contributed by atoms with Crippen LogP contribution in [-0.4, -0.2) is 26.4 Å². The van der Waals surface area contributed by atoms with Gasteiger partial charge in [0.15, 0.2) is 11.0 Å². The molecule has 5 nitrogen and oxygen atoms in total. The standard InChI is InChI=1S/C18H16Cl2N4OS/c1-24-17(12-5-7-13(19)8-6-12)22-23-18(24)26-10-9-16(25)21-15-4-2-3-14(20)11-15/h2-8,11H,9-10H2,1H3,(H,21,25). The molecule has 0 atom stereocenters. The van der Waals surface area contributed by atoms with Crippen LogP contribution < -0.4 is 5.32 Å². The highest BCUT2D eigenvalue weighted by molar-refractivity contribution is 7.99. The lowest BCUT2D eigenvalue weighted by Gasteiger charge is -2.06. The van der Waals surface area contributed by atoms with Crippen LogP contribution in [0.3, 0.4) is 0 Å². The summed E-state index contributed by atoms with van der Waals surface area (Å²) in [6.07, 6.45) is 0.361. The van der Waals surface area contributed by atoms with Gasteiger partial charge in [-0.05, 0) is 42.5 Å². The van der Waals surface area contributed by atoms with Crippen LogP contribution in [0, 0.1) is 0 Å². The molecular formula is C18H16Cl2N4OS. The van der Waals surface area contributed by atoms with Gasteiger partial charge in [0.1, 0.15) is 0 Å². The number of benzene rings is 2. The molecular weight excluding hydrogens is 391 g/mol. The summed E-state index contributed by atoms with van der Waals surface area (Å²) in [5, 5.41) is 13.3. The van der Waals surface area contributed by atoms with E-state index in [4.69, 9.17) is 23.2 Å². The molecule has 0 saturated heterocycles. The minimum absolute atomic E-state index is 0.0696. The molecule has 3 aromatic rings. The normalized spacial score (nSPS) is 10.7. The number of nitrogens with zero attached hydrogens (tertiary/aromatic N) is 3. The van der Waals surface area contributed by atoms with Gasteiger partial charge < -0.3 is 9.88 Å². The molecule has 0 fully saturated rings. The number of hydrogen-bond donors (Lipinski definition) is 1. The Kier molecular flexibility index (Phi) is 6.19. The van der Waals surface area contributed by atoms with Crippen LogP contribution in [0.5, 0.6) is 0 Å². The van der Waals surface area contributed by atoms with Crippen molar-refractivity contribution in [2.24, 2.45) is 7.05 Å². The number of aromatic nitrogens is 3. The van der Waals surface area contributed by atoms with Crippen molar-refractivity contribution in [3.8, 4) is 11.4 Å². The van der Waals surface area contributed by atoms with E-state index >= 15 is 0 Å². The summed E-state index contributed by atoms with van der Waals surface area (Å²) in [6.45, 7) is 0. The Morgan fingerprint density at radius 2 is 1.88 bits per heavy atom. The van der Waals surface area contributed by atoms with E-state index < -0.39 is 0 Å². The number of halogens is 2. The van der Waals surface area contributed by atoms with E-state index in [-0.39, 0.29) is 5.91 Å². The number of amides is 1. The predicted octanol–water partition coefficient (Wildman–Crippen LogP) is 4.91. The van der Waals surface area contributed by atoms with Gasteiger partial charge in [-0.1, -0.05) is 41.0 Å². The van der Waals surface area contributed by atoms with Crippen LogP contribution in [0.15, 0.2) is 53.7 Å². The largest absolute Gasteiger partial charge is 0.326 e. The number of nitrogens with one attached hydrogen (secondary N) is 1. The molecule has 3 rings (SSSR count). The second-order valence-electron chi connectivity index (χ2n) is 5.53. The van der Waals surface area contributed by atoms with E-state index in [0.717, 1.165) is 16.5 Å². The molecule has 1 amide bonds. The quantitative estimate of drug-likeness (QED) is 0.590. The van der Waals surface area contributed by atoms with Crippen LogP contribution in [0.1, 0.15) is 6.42 Å². The number of carbonyl (C=O) groups excluding carboxylic acids is 1. The topological polar surface area (TPSA) is 59.8 Å². The Morgan fingerprint density at radius 3 is 2.62 bits per heavy atom. The summed E-state index contributed by atoms with van der Waals surface area (Å²) in [5.74, 6) is 1.28. The molecule has 8 heteroatoms. The zero-order valence-electron chi connectivity index (χ0n) is 13.9. The Balaban J connectivity index is 1.55. The highest BCUT2D eigenvalue weighted by Gasteiger charge is 2.12. The SMILES string of the molecule is Cn1c(SCCC(=O)Nc2cccc(Cl)c2)nnc1-c1ccc(Cl)cc1. The third-order valence-electron chi connectivity index (χ3n) is 3.61. The van der Waals surface area contributed by atoms with Crippen LogP contribution in [0.4, 0.5) is 5.69 Å². The van der Waals surface area contributed by atoms with E-state index in [1.807, 2.05) is 35.9 Å². The van der Waals surface area contributed by atoms with Gasteiger partial charge in [-0.2, -0.15) is 0 Å². The summed E-state index contributed by atoms with van der Waals surface area (Å²) in [5.41, 5.74) is 1.63. The fourth-order valence-corrected chi connectivity index (χ4v) is 3.48. The molecule has 134 valence electrons. The summed E-state index contributed by atoms with van der Waals surface area (Å²) in [6, 6.07) is 14.5. The first kappa shape index (κ1) is 18.8. The number of carbonyl (C=O) groups is 1. The van der Waals surface area contributed by atoms with Gasteiger partial charge in [0, 0.05) is 40.5 Å². The Morgan fingerprint density at radius 1 is 1.12 bits per heavy atom. The number of anilines is 1. The second kappa shape index (κ2) is 8.58. The minimum atomic E-state index is -0.0696. The van der Waals surface area contributed by atoms with E-state index in [0.29, 0.717) is 27.9 Å². The van der Waals surface area contributed by atoms with Crippen molar-refractivity contribution in [2.75, 3.05) is 11.1 Å². The molecule has 2 aromatic carbocycles. The van der Waals surface area contributed by atoms with Crippen molar-refractivity contribution in [2.45, 2.75) is 11.6 Å². The lowest BCUT2D eigenvalue weighted by Crippen LogP contribution is -2.12. The molecule has 0 unspecified atom stereocenters. The van der Waals surface area contributed by atoms with E-state index in [9.17, 15) is 4.79 Å². The van der Waals surface area contributed by atoms with Crippen molar-refractivity contribution in [1.29, 1.82) is 0 Å². The Hall–Kier alpha value is -2.02. The van der Waals surface area contributed by atoms with Crippen molar-refractivity contribution in [3.05, 3.63) is 58.6 Å². The third kappa shape index (κ3) is 4.78. The van der Waals surface area contributed by atoms with Crippen LogP contribution in [0.25, 0.3) is 11.4 Å². The van der Waals surface area contributed by atoms with Crippen LogP contribution in [-0.2, 0) is 11.8 Å². The maximum absolute atomic E-state index is 12.0. The van der Waals surface area contributed by atoms with Crippen molar-refractivity contribution in [3.63, 3.8) is 0 Å². The minimum Gasteiger partial charge on any atom is -0.326 e.